The topological polar surface area (TPSA) is 72.5 Å². The molecule has 5 nitrogen and oxygen atoms in total. The van der Waals surface area contributed by atoms with E-state index >= 15 is 0 Å². The Morgan fingerprint density at radius 2 is 1.72 bits per heavy atom. The molecule has 0 spiro atoms. The van der Waals surface area contributed by atoms with Crippen molar-refractivity contribution in [2.75, 3.05) is 13.2 Å². The van der Waals surface area contributed by atoms with E-state index in [0.717, 1.165) is 15.6 Å². The molecule has 130 valence electrons. The van der Waals surface area contributed by atoms with E-state index in [1.54, 1.807) is 30.3 Å². The molecule has 1 amide bonds. The van der Waals surface area contributed by atoms with Crippen LogP contribution in [0.2, 0.25) is 0 Å². The van der Waals surface area contributed by atoms with Gasteiger partial charge in [-0.15, -0.1) is 0 Å². The predicted molar refractivity (Wildman–Crippen MR) is 97.7 cm³/mol. The standard InChI is InChI=1S/C19H18BrNO4/c1-12-3-8-16(13(2)9-12)17(22)11-25-18(23)10-21-19(24)14-4-6-15(20)7-5-14/h3-9H,10-11H2,1-2H3,(H,21,24). The number of rotatable bonds is 6. The Morgan fingerprint density at radius 3 is 2.36 bits per heavy atom. The number of aryl methyl sites for hydroxylation is 2. The van der Waals surface area contributed by atoms with Gasteiger partial charge in [0.2, 0.25) is 5.78 Å². The lowest BCUT2D eigenvalue weighted by molar-refractivity contribution is -0.141. The van der Waals surface area contributed by atoms with Gasteiger partial charge in [-0.25, -0.2) is 0 Å². The molecular weight excluding hydrogens is 386 g/mol. The van der Waals surface area contributed by atoms with E-state index in [1.807, 2.05) is 26.0 Å². The van der Waals surface area contributed by atoms with Crippen molar-refractivity contribution in [3.05, 3.63) is 69.2 Å². The summed E-state index contributed by atoms with van der Waals surface area (Å²) in [5, 5.41) is 2.46. The van der Waals surface area contributed by atoms with Crippen molar-refractivity contribution in [3.63, 3.8) is 0 Å². The van der Waals surface area contributed by atoms with Gasteiger partial charge in [-0.3, -0.25) is 14.4 Å². The Labute approximate surface area is 154 Å². The van der Waals surface area contributed by atoms with Gasteiger partial charge in [0, 0.05) is 15.6 Å². The van der Waals surface area contributed by atoms with Crippen LogP contribution >= 0.6 is 15.9 Å². The molecule has 0 unspecified atom stereocenters. The molecule has 6 heteroatoms. The molecule has 0 aromatic heterocycles. The van der Waals surface area contributed by atoms with Gasteiger partial charge in [0.1, 0.15) is 6.54 Å². The zero-order valence-corrected chi connectivity index (χ0v) is 15.6. The number of esters is 1. The maximum Gasteiger partial charge on any atom is 0.325 e. The van der Waals surface area contributed by atoms with Crippen LogP contribution in [0.3, 0.4) is 0 Å². The quantitative estimate of drug-likeness (QED) is 0.593. The molecule has 0 fully saturated rings. The van der Waals surface area contributed by atoms with E-state index in [-0.39, 0.29) is 24.8 Å². The van der Waals surface area contributed by atoms with Gasteiger partial charge in [-0.1, -0.05) is 39.7 Å². The number of ketones is 1. The van der Waals surface area contributed by atoms with Gasteiger partial charge in [0.05, 0.1) is 0 Å². The van der Waals surface area contributed by atoms with E-state index < -0.39 is 5.97 Å². The second kappa shape index (κ2) is 8.58. The summed E-state index contributed by atoms with van der Waals surface area (Å²) in [6, 6.07) is 12.2. The Bertz CT molecular complexity index is 800. The molecular formula is C19H18BrNO4. The normalized spacial score (nSPS) is 10.2. The van der Waals surface area contributed by atoms with E-state index in [2.05, 4.69) is 21.2 Å². The molecule has 0 saturated heterocycles. The molecule has 0 radical (unpaired) electrons. The molecule has 0 saturated carbocycles. The zero-order valence-electron chi connectivity index (χ0n) is 14.0. The van der Waals surface area contributed by atoms with Gasteiger partial charge in [0.25, 0.3) is 5.91 Å². The van der Waals surface area contributed by atoms with Crippen LogP contribution in [0.15, 0.2) is 46.9 Å². The maximum absolute atomic E-state index is 12.1. The average molecular weight is 404 g/mol. The van der Waals surface area contributed by atoms with E-state index in [9.17, 15) is 14.4 Å². The molecule has 0 bridgehead atoms. The third-order valence-electron chi connectivity index (χ3n) is 3.55. The Morgan fingerprint density at radius 1 is 1.04 bits per heavy atom. The van der Waals surface area contributed by atoms with Gasteiger partial charge >= 0.3 is 5.97 Å². The summed E-state index contributed by atoms with van der Waals surface area (Å²) in [6.07, 6.45) is 0. The van der Waals surface area contributed by atoms with Crippen LogP contribution in [-0.2, 0) is 9.53 Å². The number of Topliss-reactive ketones (excluding diaryl/α,β-unsaturated/α-hetero) is 1. The highest BCUT2D eigenvalue weighted by atomic mass is 79.9. The van der Waals surface area contributed by atoms with Gasteiger partial charge in [0.15, 0.2) is 6.61 Å². The fourth-order valence-corrected chi connectivity index (χ4v) is 2.52. The molecule has 2 aromatic carbocycles. The minimum atomic E-state index is -0.663. The third kappa shape index (κ3) is 5.53. The zero-order chi connectivity index (χ0) is 18.4. The third-order valence-corrected chi connectivity index (χ3v) is 4.07. The summed E-state index contributed by atoms with van der Waals surface area (Å²) < 4.78 is 5.79. The lowest BCUT2D eigenvalue weighted by atomic mass is 10.0. The highest BCUT2D eigenvalue weighted by Gasteiger charge is 2.13. The minimum Gasteiger partial charge on any atom is -0.456 e. The number of nitrogens with one attached hydrogen (secondary N) is 1. The van der Waals surface area contributed by atoms with E-state index in [0.29, 0.717) is 11.1 Å². The molecule has 0 aliphatic rings. The molecule has 2 aromatic rings. The smallest absolute Gasteiger partial charge is 0.325 e. The van der Waals surface area contributed by atoms with Crippen LogP contribution in [0, 0.1) is 13.8 Å². The number of benzene rings is 2. The number of ether oxygens (including phenoxy) is 1. The van der Waals surface area contributed by atoms with Crippen molar-refractivity contribution in [3.8, 4) is 0 Å². The minimum absolute atomic E-state index is 0.273. The molecule has 1 N–H and O–H groups in total. The first-order valence-corrected chi connectivity index (χ1v) is 8.46. The summed E-state index contributed by atoms with van der Waals surface area (Å²) in [7, 11) is 0. The maximum atomic E-state index is 12.1. The second-order valence-corrected chi connectivity index (χ2v) is 6.51. The SMILES string of the molecule is Cc1ccc(C(=O)COC(=O)CNC(=O)c2ccc(Br)cc2)c(C)c1. The first-order valence-electron chi connectivity index (χ1n) is 7.66. The molecule has 0 aliphatic heterocycles. The van der Waals surface area contributed by atoms with Crippen molar-refractivity contribution in [1.82, 2.24) is 5.32 Å². The fourth-order valence-electron chi connectivity index (χ4n) is 2.26. The van der Waals surface area contributed by atoms with Crippen LogP contribution < -0.4 is 5.32 Å². The van der Waals surface area contributed by atoms with Crippen molar-refractivity contribution in [2.45, 2.75) is 13.8 Å². The average Bonchev–Trinajstić information content (AvgIpc) is 2.58. The Kier molecular flexibility index (Phi) is 6.47. The Balaban J connectivity index is 1.81. The van der Waals surface area contributed by atoms with Crippen molar-refractivity contribution >= 4 is 33.6 Å². The van der Waals surface area contributed by atoms with Crippen LogP contribution in [0.25, 0.3) is 0 Å². The fraction of sp³-hybridized carbons (Fsp3) is 0.211. The Hall–Kier alpha value is -2.47. The molecule has 2 rings (SSSR count). The van der Waals surface area contributed by atoms with Crippen molar-refractivity contribution in [2.24, 2.45) is 0 Å². The highest BCUT2D eigenvalue weighted by Crippen LogP contribution is 2.12. The van der Waals surface area contributed by atoms with E-state index in [4.69, 9.17) is 4.74 Å². The first kappa shape index (κ1) is 18.9. The predicted octanol–water partition coefficient (Wildman–Crippen LogP) is 3.22. The summed E-state index contributed by atoms with van der Waals surface area (Å²) in [5.41, 5.74) is 2.85. The van der Waals surface area contributed by atoms with Crippen LogP contribution in [0.1, 0.15) is 31.8 Å². The highest BCUT2D eigenvalue weighted by molar-refractivity contribution is 9.10. The summed E-state index contributed by atoms with van der Waals surface area (Å²) in [4.78, 5) is 35.7. The summed E-state index contributed by atoms with van der Waals surface area (Å²) >= 11 is 3.28. The monoisotopic (exact) mass is 403 g/mol. The lowest BCUT2D eigenvalue weighted by Gasteiger charge is -2.08. The number of hydrogen-bond donors (Lipinski definition) is 1. The number of amides is 1. The molecule has 0 heterocycles. The van der Waals surface area contributed by atoms with Gasteiger partial charge in [-0.2, -0.15) is 0 Å². The van der Waals surface area contributed by atoms with Crippen LogP contribution in [0.4, 0.5) is 0 Å². The number of hydrogen-bond acceptors (Lipinski definition) is 4. The largest absolute Gasteiger partial charge is 0.456 e. The second-order valence-electron chi connectivity index (χ2n) is 5.59. The summed E-state index contributed by atoms with van der Waals surface area (Å²) in [5.74, 6) is -1.32. The number of carbonyl (C=O) groups excluding carboxylic acids is 3. The molecule has 25 heavy (non-hydrogen) atoms. The first-order chi connectivity index (χ1) is 11.9. The van der Waals surface area contributed by atoms with Crippen molar-refractivity contribution < 1.29 is 19.1 Å². The number of carbonyl (C=O) groups is 3. The van der Waals surface area contributed by atoms with Gasteiger partial charge < -0.3 is 10.1 Å². The van der Waals surface area contributed by atoms with Crippen molar-refractivity contribution in [1.29, 1.82) is 0 Å². The van der Waals surface area contributed by atoms with Crippen LogP contribution in [-0.4, -0.2) is 30.8 Å². The van der Waals surface area contributed by atoms with Gasteiger partial charge in [-0.05, 0) is 43.7 Å². The molecule has 0 atom stereocenters. The van der Waals surface area contributed by atoms with E-state index in [1.165, 1.54) is 0 Å². The number of halogens is 1. The lowest BCUT2D eigenvalue weighted by Crippen LogP contribution is -2.31. The summed E-state index contributed by atoms with van der Waals surface area (Å²) in [6.45, 7) is 3.13. The van der Waals surface area contributed by atoms with Crippen LogP contribution in [0.5, 0.6) is 0 Å². The molecule has 0 aliphatic carbocycles.